The molecule has 1 aliphatic heterocycles. The number of carbonyl (C=O) groups is 1. The molecule has 0 saturated carbocycles. The van der Waals surface area contributed by atoms with E-state index < -0.39 is 0 Å². The van der Waals surface area contributed by atoms with Crippen molar-refractivity contribution in [2.75, 3.05) is 5.32 Å². The number of amides is 1. The molecule has 17 heavy (non-hydrogen) atoms. The quantitative estimate of drug-likeness (QED) is 0.872. The number of hydrogen-bond donors (Lipinski definition) is 1. The Labute approximate surface area is 105 Å². The predicted molar refractivity (Wildman–Crippen MR) is 69.0 cm³/mol. The van der Waals surface area contributed by atoms with Crippen molar-refractivity contribution >= 4 is 23.4 Å². The molecular formula is C13H14N2OS. The Bertz CT molecular complexity index is 493. The van der Waals surface area contributed by atoms with Gasteiger partial charge in [0.25, 0.3) is 0 Å². The molecule has 1 amide bonds. The van der Waals surface area contributed by atoms with Crippen LogP contribution in [0.3, 0.4) is 0 Å². The van der Waals surface area contributed by atoms with Crippen molar-refractivity contribution < 1.29 is 4.79 Å². The molecule has 0 radical (unpaired) electrons. The van der Waals surface area contributed by atoms with Crippen LogP contribution in [0.25, 0.3) is 0 Å². The summed E-state index contributed by atoms with van der Waals surface area (Å²) in [7, 11) is 0. The molecule has 4 heteroatoms. The maximum atomic E-state index is 11.6. The Hall–Kier alpha value is -1.47. The highest BCUT2D eigenvalue weighted by atomic mass is 32.2. The van der Waals surface area contributed by atoms with Crippen LogP contribution in [-0.4, -0.2) is 11.2 Å². The molecule has 2 rings (SSSR count). The number of nitriles is 1. The molecule has 1 aromatic rings. The summed E-state index contributed by atoms with van der Waals surface area (Å²) in [5.41, 5.74) is 1.81. The third-order valence-corrected chi connectivity index (χ3v) is 4.08. The minimum absolute atomic E-state index is 0.0321. The zero-order chi connectivity index (χ0) is 12.4. The smallest absolute Gasteiger partial charge is 0.237 e. The molecule has 1 aliphatic rings. The van der Waals surface area contributed by atoms with Gasteiger partial charge >= 0.3 is 0 Å². The van der Waals surface area contributed by atoms with Crippen molar-refractivity contribution in [3.63, 3.8) is 0 Å². The van der Waals surface area contributed by atoms with Gasteiger partial charge in [0.05, 0.1) is 22.9 Å². The van der Waals surface area contributed by atoms with Crippen LogP contribution in [0.1, 0.15) is 31.7 Å². The van der Waals surface area contributed by atoms with E-state index in [0.29, 0.717) is 0 Å². The van der Waals surface area contributed by atoms with Gasteiger partial charge in [-0.25, -0.2) is 0 Å². The third kappa shape index (κ3) is 2.29. The second-order valence-electron chi connectivity index (χ2n) is 4.09. The molecule has 0 aromatic heterocycles. The summed E-state index contributed by atoms with van der Waals surface area (Å²) in [4.78, 5) is 12.7. The number of benzene rings is 1. The van der Waals surface area contributed by atoms with Gasteiger partial charge in [0, 0.05) is 4.90 Å². The molecule has 1 aromatic carbocycles. The predicted octanol–water partition coefficient (Wildman–Crippen LogP) is 3.14. The molecule has 88 valence electrons. The fourth-order valence-corrected chi connectivity index (χ4v) is 2.78. The van der Waals surface area contributed by atoms with Gasteiger partial charge in [-0.2, -0.15) is 5.26 Å². The fraction of sp³-hybridized carbons (Fsp3) is 0.385. The molecule has 2 atom stereocenters. The maximum absolute atomic E-state index is 11.6. The van der Waals surface area contributed by atoms with E-state index in [1.54, 1.807) is 11.8 Å². The topological polar surface area (TPSA) is 52.9 Å². The van der Waals surface area contributed by atoms with Gasteiger partial charge in [-0.1, -0.05) is 13.0 Å². The number of fused-ring (bicyclic) bond motifs is 1. The van der Waals surface area contributed by atoms with Crippen LogP contribution in [0.4, 0.5) is 5.69 Å². The zero-order valence-corrected chi connectivity index (χ0v) is 10.7. The number of anilines is 1. The lowest BCUT2D eigenvalue weighted by atomic mass is 9.97. The van der Waals surface area contributed by atoms with Crippen molar-refractivity contribution in [3.05, 3.63) is 23.8 Å². The molecule has 1 heterocycles. The molecule has 0 spiro atoms. The minimum Gasteiger partial charge on any atom is -0.324 e. The van der Waals surface area contributed by atoms with Crippen LogP contribution >= 0.6 is 11.8 Å². The molecule has 2 unspecified atom stereocenters. The van der Waals surface area contributed by atoms with E-state index in [-0.39, 0.29) is 17.1 Å². The molecular weight excluding hydrogens is 232 g/mol. The largest absolute Gasteiger partial charge is 0.324 e. The first kappa shape index (κ1) is 12.0. The number of rotatable bonds is 2. The third-order valence-electron chi connectivity index (χ3n) is 2.90. The van der Waals surface area contributed by atoms with E-state index in [4.69, 9.17) is 5.26 Å². The summed E-state index contributed by atoms with van der Waals surface area (Å²) >= 11 is 1.56. The molecule has 1 N–H and O–H groups in total. The highest BCUT2D eigenvalue weighted by Gasteiger charge is 2.23. The van der Waals surface area contributed by atoms with Crippen molar-refractivity contribution in [2.24, 2.45) is 0 Å². The summed E-state index contributed by atoms with van der Waals surface area (Å²) < 4.78 is 0. The van der Waals surface area contributed by atoms with Gasteiger partial charge in [0.1, 0.15) is 0 Å². The van der Waals surface area contributed by atoms with Gasteiger partial charge in [-0.05, 0) is 31.0 Å². The van der Waals surface area contributed by atoms with Crippen molar-refractivity contribution in [1.29, 1.82) is 5.26 Å². The van der Waals surface area contributed by atoms with Crippen LogP contribution in [0.2, 0.25) is 0 Å². The Balaban J connectivity index is 2.35. The lowest BCUT2D eigenvalue weighted by molar-refractivity contribution is -0.115. The van der Waals surface area contributed by atoms with Gasteiger partial charge < -0.3 is 5.32 Å². The summed E-state index contributed by atoms with van der Waals surface area (Å²) in [6, 6.07) is 8.17. The van der Waals surface area contributed by atoms with Gasteiger partial charge in [-0.15, -0.1) is 11.8 Å². The second kappa shape index (κ2) is 4.80. The summed E-state index contributed by atoms with van der Waals surface area (Å²) in [5, 5.41) is 11.9. The highest BCUT2D eigenvalue weighted by Crippen LogP contribution is 2.37. The highest BCUT2D eigenvalue weighted by molar-refractivity contribution is 8.00. The second-order valence-corrected chi connectivity index (χ2v) is 5.48. The molecule has 0 aliphatic carbocycles. The zero-order valence-electron chi connectivity index (χ0n) is 9.86. The summed E-state index contributed by atoms with van der Waals surface area (Å²) in [5.74, 6) is -0.0637. The Morgan fingerprint density at radius 2 is 2.35 bits per heavy atom. The average Bonchev–Trinajstić information content (AvgIpc) is 2.32. The molecule has 0 saturated heterocycles. The van der Waals surface area contributed by atoms with Crippen molar-refractivity contribution in [2.45, 2.75) is 36.3 Å². The molecule has 3 nitrogen and oxygen atoms in total. The minimum atomic E-state index is -0.0958. The lowest BCUT2D eigenvalue weighted by Crippen LogP contribution is -2.26. The maximum Gasteiger partial charge on any atom is 0.237 e. The van der Waals surface area contributed by atoms with E-state index in [1.807, 2.05) is 32.0 Å². The van der Waals surface area contributed by atoms with E-state index >= 15 is 0 Å². The Morgan fingerprint density at radius 3 is 3.00 bits per heavy atom. The van der Waals surface area contributed by atoms with Gasteiger partial charge in [0.15, 0.2) is 0 Å². The van der Waals surface area contributed by atoms with E-state index in [1.165, 1.54) is 0 Å². The van der Waals surface area contributed by atoms with Crippen LogP contribution in [-0.2, 0) is 4.79 Å². The first-order chi connectivity index (χ1) is 8.15. The number of thioether (sulfide) groups is 1. The van der Waals surface area contributed by atoms with E-state index in [2.05, 4.69) is 11.4 Å². The first-order valence-electron chi connectivity index (χ1n) is 5.66. The SMILES string of the molecule is CCC(C#N)c1ccc2c(c1)NC(=O)C(C)S2. The van der Waals surface area contributed by atoms with Crippen LogP contribution in [0, 0.1) is 11.3 Å². The van der Waals surface area contributed by atoms with Gasteiger partial charge in [-0.3, -0.25) is 4.79 Å². The number of carbonyl (C=O) groups excluding carboxylic acids is 1. The number of nitrogens with zero attached hydrogens (tertiary/aromatic N) is 1. The van der Waals surface area contributed by atoms with Crippen LogP contribution < -0.4 is 5.32 Å². The number of hydrogen-bond acceptors (Lipinski definition) is 3. The van der Waals surface area contributed by atoms with Crippen molar-refractivity contribution in [1.82, 2.24) is 0 Å². The van der Waals surface area contributed by atoms with E-state index in [9.17, 15) is 4.79 Å². The van der Waals surface area contributed by atoms with E-state index in [0.717, 1.165) is 22.6 Å². The average molecular weight is 246 g/mol. The lowest BCUT2D eigenvalue weighted by Gasteiger charge is -2.22. The van der Waals surface area contributed by atoms with Crippen LogP contribution in [0.5, 0.6) is 0 Å². The van der Waals surface area contributed by atoms with Crippen LogP contribution in [0.15, 0.2) is 23.1 Å². The molecule has 0 fully saturated rings. The normalized spacial score (nSPS) is 20.1. The molecule has 0 bridgehead atoms. The Kier molecular flexibility index (Phi) is 3.39. The standard InChI is InChI=1S/C13H14N2OS/c1-3-9(7-14)10-4-5-12-11(6-10)15-13(16)8(2)17-12/h4-6,8-9H,3H2,1-2H3,(H,15,16). The summed E-state index contributed by atoms with van der Waals surface area (Å²) in [6.07, 6.45) is 0.785. The Morgan fingerprint density at radius 1 is 1.59 bits per heavy atom. The summed E-state index contributed by atoms with van der Waals surface area (Å²) in [6.45, 7) is 3.88. The van der Waals surface area contributed by atoms with Gasteiger partial charge in [0.2, 0.25) is 5.91 Å². The monoisotopic (exact) mass is 246 g/mol. The first-order valence-corrected chi connectivity index (χ1v) is 6.54. The van der Waals surface area contributed by atoms with Crippen molar-refractivity contribution in [3.8, 4) is 6.07 Å². The fourth-order valence-electron chi connectivity index (χ4n) is 1.84. The number of nitrogens with one attached hydrogen (secondary N) is 1.